The maximum Gasteiger partial charge on any atom is 0.191 e. The molecule has 3 rings (SSSR count). The number of morpholine rings is 1. The number of hydrogen-bond acceptors (Lipinski definition) is 4. The van der Waals surface area contributed by atoms with Gasteiger partial charge in [0.1, 0.15) is 0 Å². The highest BCUT2D eigenvalue weighted by Crippen LogP contribution is 2.41. The summed E-state index contributed by atoms with van der Waals surface area (Å²) in [4.78, 5) is 6.93. The molecule has 162 valence electrons. The summed E-state index contributed by atoms with van der Waals surface area (Å²) in [6.45, 7) is 13.4. The second kappa shape index (κ2) is 9.92. The second-order valence-corrected chi connectivity index (χ2v) is 9.00. The first kappa shape index (κ1) is 22.1. The van der Waals surface area contributed by atoms with Crippen molar-refractivity contribution >= 4 is 5.96 Å². The lowest BCUT2D eigenvalue weighted by Gasteiger charge is -2.33. The van der Waals surface area contributed by atoms with E-state index in [2.05, 4.69) is 65.6 Å². The molecule has 0 aromatic heterocycles. The van der Waals surface area contributed by atoms with Crippen LogP contribution in [0.3, 0.4) is 0 Å². The van der Waals surface area contributed by atoms with Crippen LogP contribution in [0.2, 0.25) is 0 Å². The van der Waals surface area contributed by atoms with Gasteiger partial charge < -0.3 is 20.5 Å². The summed E-state index contributed by atoms with van der Waals surface area (Å²) in [5.41, 5.74) is 1.92. The van der Waals surface area contributed by atoms with E-state index in [1.54, 1.807) is 0 Å². The van der Waals surface area contributed by atoms with Gasteiger partial charge in [0.05, 0.1) is 25.4 Å². The van der Waals surface area contributed by atoms with E-state index in [0.29, 0.717) is 31.0 Å². The van der Waals surface area contributed by atoms with E-state index in [1.165, 1.54) is 11.1 Å². The van der Waals surface area contributed by atoms with Gasteiger partial charge in [-0.05, 0) is 37.3 Å². The quantitative estimate of drug-likeness (QED) is 0.460. The Balaban J connectivity index is 1.53. The first-order chi connectivity index (χ1) is 13.9. The third kappa shape index (κ3) is 6.69. The third-order valence-corrected chi connectivity index (χ3v) is 5.73. The van der Waals surface area contributed by atoms with E-state index >= 15 is 0 Å². The van der Waals surface area contributed by atoms with Crippen molar-refractivity contribution in [3.8, 4) is 0 Å². The summed E-state index contributed by atoms with van der Waals surface area (Å²) < 4.78 is 5.39. The summed E-state index contributed by atoms with van der Waals surface area (Å²) in [5.74, 6) is 1.89. The molecule has 3 unspecified atom stereocenters. The van der Waals surface area contributed by atoms with E-state index < -0.39 is 5.60 Å². The molecule has 1 aliphatic carbocycles. The van der Waals surface area contributed by atoms with Crippen molar-refractivity contribution in [3.05, 3.63) is 35.4 Å². The van der Waals surface area contributed by atoms with Crippen LogP contribution in [0.15, 0.2) is 29.3 Å². The van der Waals surface area contributed by atoms with E-state index in [0.717, 1.165) is 45.2 Å². The molecule has 1 aliphatic heterocycles. The lowest BCUT2D eigenvalue weighted by Crippen LogP contribution is -2.48. The molecule has 0 radical (unpaired) electrons. The molecule has 1 aromatic carbocycles. The van der Waals surface area contributed by atoms with Gasteiger partial charge in [-0.2, -0.15) is 0 Å². The van der Waals surface area contributed by atoms with Crippen LogP contribution in [0.5, 0.6) is 0 Å². The molecular weight excluding hydrogens is 364 g/mol. The van der Waals surface area contributed by atoms with Crippen LogP contribution in [0.1, 0.15) is 57.1 Å². The highest BCUT2D eigenvalue weighted by Gasteiger charge is 2.39. The predicted octanol–water partition coefficient (Wildman–Crippen LogP) is 2.30. The van der Waals surface area contributed by atoms with Crippen LogP contribution in [0.4, 0.5) is 0 Å². The molecule has 0 spiro atoms. The molecule has 0 amide bonds. The van der Waals surface area contributed by atoms with Gasteiger partial charge >= 0.3 is 0 Å². The number of benzene rings is 1. The highest BCUT2D eigenvalue weighted by atomic mass is 16.5. The molecule has 2 fully saturated rings. The Labute approximate surface area is 175 Å². The van der Waals surface area contributed by atoms with Gasteiger partial charge in [0, 0.05) is 38.1 Å². The lowest BCUT2D eigenvalue weighted by atomic mass is 10.0. The van der Waals surface area contributed by atoms with Gasteiger partial charge in [0.2, 0.25) is 0 Å². The lowest BCUT2D eigenvalue weighted by molar-refractivity contribution is -0.0180. The third-order valence-electron chi connectivity index (χ3n) is 5.73. The molecule has 2 aliphatic rings. The van der Waals surface area contributed by atoms with Crippen molar-refractivity contribution in [1.29, 1.82) is 0 Å². The van der Waals surface area contributed by atoms with Gasteiger partial charge in [0.15, 0.2) is 5.96 Å². The molecule has 0 bridgehead atoms. The Kier molecular flexibility index (Phi) is 7.55. The Bertz CT molecular complexity index is 666. The van der Waals surface area contributed by atoms with Crippen LogP contribution in [0, 0.1) is 0 Å². The molecule has 3 atom stereocenters. The van der Waals surface area contributed by atoms with Crippen LogP contribution in [-0.4, -0.2) is 73.5 Å². The minimum atomic E-state index is -0.852. The zero-order valence-electron chi connectivity index (χ0n) is 18.4. The zero-order valence-corrected chi connectivity index (χ0v) is 18.4. The number of nitrogens with zero attached hydrogens (tertiary/aromatic N) is 2. The van der Waals surface area contributed by atoms with Crippen molar-refractivity contribution < 1.29 is 9.84 Å². The first-order valence-corrected chi connectivity index (χ1v) is 11.0. The van der Waals surface area contributed by atoms with Gasteiger partial charge in [-0.15, -0.1) is 0 Å². The number of ether oxygens (including phenoxy) is 1. The summed E-state index contributed by atoms with van der Waals surface area (Å²) in [7, 11) is 0. The molecule has 1 saturated carbocycles. The summed E-state index contributed by atoms with van der Waals surface area (Å²) in [5, 5.41) is 17.7. The molecule has 1 aromatic rings. The standard InChI is InChI=1S/C23H38N4O2/c1-5-24-22(25-15-23(4,28)16-27-10-12-29-13-11-27)26-21-14-20(21)19-8-6-18(7-9-19)17(2)3/h6-9,17,20-21,28H,5,10-16H2,1-4H3,(H2,24,25,26). The van der Waals surface area contributed by atoms with Gasteiger partial charge in [-0.25, -0.2) is 0 Å². The summed E-state index contributed by atoms with van der Waals surface area (Å²) in [6.07, 6.45) is 1.12. The van der Waals surface area contributed by atoms with Gasteiger partial charge in [-0.3, -0.25) is 9.89 Å². The smallest absolute Gasteiger partial charge is 0.191 e. The van der Waals surface area contributed by atoms with Crippen LogP contribution in [-0.2, 0) is 4.74 Å². The highest BCUT2D eigenvalue weighted by molar-refractivity contribution is 5.80. The van der Waals surface area contributed by atoms with Crippen molar-refractivity contribution in [2.45, 2.75) is 57.6 Å². The first-order valence-electron chi connectivity index (χ1n) is 11.0. The minimum absolute atomic E-state index is 0.375. The number of nitrogens with one attached hydrogen (secondary N) is 2. The summed E-state index contributed by atoms with van der Waals surface area (Å²) >= 11 is 0. The maximum atomic E-state index is 10.8. The van der Waals surface area contributed by atoms with E-state index in [4.69, 9.17) is 4.74 Å². The number of aliphatic hydroxyl groups is 1. The number of rotatable bonds is 8. The maximum absolute atomic E-state index is 10.8. The fraction of sp³-hybridized carbons (Fsp3) is 0.696. The van der Waals surface area contributed by atoms with Crippen LogP contribution in [0.25, 0.3) is 0 Å². The normalized spacial score (nSPS) is 25.0. The van der Waals surface area contributed by atoms with Crippen molar-refractivity contribution in [2.75, 3.05) is 45.9 Å². The average Bonchev–Trinajstić information content (AvgIpc) is 3.46. The van der Waals surface area contributed by atoms with Crippen molar-refractivity contribution in [3.63, 3.8) is 0 Å². The molecule has 6 heteroatoms. The number of aliphatic imine (C=N–C) groups is 1. The molecular formula is C23H38N4O2. The van der Waals surface area contributed by atoms with Gasteiger partial charge in [0.25, 0.3) is 0 Å². The Morgan fingerprint density at radius 2 is 1.97 bits per heavy atom. The van der Waals surface area contributed by atoms with Gasteiger partial charge in [-0.1, -0.05) is 38.1 Å². The van der Waals surface area contributed by atoms with Crippen LogP contribution < -0.4 is 10.6 Å². The Hall–Kier alpha value is -1.63. The van der Waals surface area contributed by atoms with E-state index in [1.807, 2.05) is 6.92 Å². The molecule has 29 heavy (non-hydrogen) atoms. The number of guanidine groups is 1. The Morgan fingerprint density at radius 3 is 2.59 bits per heavy atom. The number of β-amino-alcohol motifs (C(OH)–C–C–N with tert-alkyl or cyclic N) is 1. The monoisotopic (exact) mass is 402 g/mol. The summed E-state index contributed by atoms with van der Waals surface area (Å²) in [6, 6.07) is 9.43. The molecule has 6 nitrogen and oxygen atoms in total. The predicted molar refractivity (Wildman–Crippen MR) is 119 cm³/mol. The topological polar surface area (TPSA) is 69.1 Å². The Morgan fingerprint density at radius 1 is 1.28 bits per heavy atom. The fourth-order valence-electron chi connectivity index (χ4n) is 3.89. The second-order valence-electron chi connectivity index (χ2n) is 9.00. The van der Waals surface area contributed by atoms with Crippen molar-refractivity contribution in [1.82, 2.24) is 15.5 Å². The minimum Gasteiger partial charge on any atom is -0.387 e. The largest absolute Gasteiger partial charge is 0.387 e. The van der Waals surface area contributed by atoms with E-state index in [-0.39, 0.29) is 0 Å². The fourth-order valence-corrected chi connectivity index (χ4v) is 3.89. The molecule has 1 saturated heterocycles. The molecule has 3 N–H and O–H groups in total. The average molecular weight is 403 g/mol. The van der Waals surface area contributed by atoms with Crippen molar-refractivity contribution in [2.24, 2.45) is 4.99 Å². The van der Waals surface area contributed by atoms with Crippen LogP contribution >= 0.6 is 0 Å². The zero-order chi connectivity index (χ0) is 20.9. The number of hydrogen-bond donors (Lipinski definition) is 3. The SMILES string of the molecule is CCNC(=NCC(C)(O)CN1CCOCC1)NC1CC1c1ccc(C(C)C)cc1. The molecule has 1 heterocycles. The van der Waals surface area contributed by atoms with E-state index in [9.17, 15) is 5.11 Å².